The van der Waals surface area contributed by atoms with Gasteiger partial charge in [-0.25, -0.2) is 4.98 Å². The Balaban J connectivity index is 2.09. The van der Waals surface area contributed by atoms with E-state index >= 15 is 0 Å². The molecule has 0 aliphatic carbocycles. The van der Waals surface area contributed by atoms with Crippen LogP contribution in [-0.4, -0.2) is 66.0 Å². The number of rotatable bonds is 7. The molecule has 1 saturated heterocycles. The first kappa shape index (κ1) is 19.3. The van der Waals surface area contributed by atoms with E-state index in [-0.39, 0.29) is 36.9 Å². The molecule has 9 heteroatoms. The summed E-state index contributed by atoms with van der Waals surface area (Å²) in [6.45, 7) is 6.63. The van der Waals surface area contributed by atoms with E-state index in [2.05, 4.69) is 15.6 Å². The highest BCUT2D eigenvalue weighted by Gasteiger charge is 2.40. The van der Waals surface area contributed by atoms with E-state index in [0.29, 0.717) is 25.3 Å². The van der Waals surface area contributed by atoms with Crippen LogP contribution < -0.4 is 10.6 Å². The Bertz CT molecular complexity index is 633. The van der Waals surface area contributed by atoms with Crippen molar-refractivity contribution in [1.29, 1.82) is 0 Å². The van der Waals surface area contributed by atoms with Gasteiger partial charge >= 0.3 is 0 Å². The lowest BCUT2D eigenvalue weighted by Gasteiger charge is -2.22. The number of nitrogens with one attached hydrogen (secondary N) is 2. The molecule has 1 aliphatic heterocycles. The largest absolute Gasteiger partial charge is 0.372 e. The molecule has 8 nitrogen and oxygen atoms in total. The average Bonchev–Trinajstić information content (AvgIpc) is 3.19. The van der Waals surface area contributed by atoms with Gasteiger partial charge in [0.1, 0.15) is 18.3 Å². The smallest absolute Gasteiger partial charge is 0.274 e. The molecule has 0 bridgehead atoms. The van der Waals surface area contributed by atoms with Crippen molar-refractivity contribution in [2.75, 3.05) is 26.3 Å². The fraction of sp³-hybridized carbons (Fsp3) is 0.625. The molecule has 138 valence electrons. The monoisotopic (exact) mass is 368 g/mol. The van der Waals surface area contributed by atoms with Crippen LogP contribution in [0.15, 0.2) is 5.38 Å². The first-order valence-electron chi connectivity index (χ1n) is 8.34. The summed E-state index contributed by atoms with van der Waals surface area (Å²) >= 11 is 1.39. The van der Waals surface area contributed by atoms with Crippen molar-refractivity contribution in [2.24, 2.45) is 0 Å². The van der Waals surface area contributed by atoms with E-state index in [9.17, 15) is 14.4 Å². The molecule has 1 fully saturated rings. The third-order valence-corrected chi connectivity index (χ3v) is 4.63. The molecule has 2 heterocycles. The number of likely N-dealkylation sites (tertiary alicyclic amines) is 1. The molecule has 1 aromatic rings. The Hall–Kier alpha value is -2.00. The zero-order valence-corrected chi connectivity index (χ0v) is 15.5. The molecule has 1 aromatic heterocycles. The number of carbonyl (C=O) groups excluding carboxylic acids is 3. The normalized spacial score (nSPS) is 19.7. The summed E-state index contributed by atoms with van der Waals surface area (Å²) in [5.74, 6) is -0.758. The van der Waals surface area contributed by atoms with Crippen molar-refractivity contribution in [3.8, 4) is 0 Å². The molecule has 0 aromatic carbocycles. The van der Waals surface area contributed by atoms with E-state index in [1.165, 1.54) is 16.2 Å². The van der Waals surface area contributed by atoms with E-state index in [0.717, 1.165) is 5.01 Å². The van der Waals surface area contributed by atoms with Gasteiger partial charge in [0.15, 0.2) is 0 Å². The molecule has 25 heavy (non-hydrogen) atoms. The third-order valence-electron chi connectivity index (χ3n) is 3.86. The minimum atomic E-state index is -0.619. The van der Waals surface area contributed by atoms with Gasteiger partial charge in [-0.1, -0.05) is 0 Å². The number of aryl methyl sites for hydroxylation is 1. The minimum Gasteiger partial charge on any atom is -0.372 e. The maximum atomic E-state index is 12.7. The van der Waals surface area contributed by atoms with Crippen molar-refractivity contribution in [3.63, 3.8) is 0 Å². The van der Waals surface area contributed by atoms with Crippen molar-refractivity contribution in [1.82, 2.24) is 20.5 Å². The summed E-state index contributed by atoms with van der Waals surface area (Å²) in [4.78, 5) is 42.6. The van der Waals surface area contributed by atoms with Crippen LogP contribution >= 0.6 is 11.3 Å². The number of aromatic nitrogens is 1. The third kappa shape index (κ3) is 4.99. The predicted octanol–water partition coefficient (Wildman–Crippen LogP) is 0.323. The second-order valence-electron chi connectivity index (χ2n) is 5.76. The van der Waals surface area contributed by atoms with Gasteiger partial charge in [0.05, 0.1) is 5.01 Å². The van der Waals surface area contributed by atoms with E-state index < -0.39 is 6.04 Å². The van der Waals surface area contributed by atoms with Gasteiger partial charge < -0.3 is 20.3 Å². The summed E-state index contributed by atoms with van der Waals surface area (Å²) in [5.41, 5.74) is 0.332. The predicted molar refractivity (Wildman–Crippen MR) is 93.4 cm³/mol. The number of carbonyl (C=O) groups is 3. The SMILES string of the molecule is CCNC(=O)[C@@H]1C[C@H](NC(=O)COCC)CN1C(=O)c1csc(C)n1. The minimum absolute atomic E-state index is 0.0297. The number of thiazole rings is 1. The molecular weight excluding hydrogens is 344 g/mol. The first-order valence-corrected chi connectivity index (χ1v) is 9.22. The lowest BCUT2D eigenvalue weighted by molar-refractivity contribution is -0.126. The fourth-order valence-corrected chi connectivity index (χ4v) is 3.37. The van der Waals surface area contributed by atoms with Crippen LogP contribution in [0.4, 0.5) is 0 Å². The Morgan fingerprint density at radius 3 is 2.76 bits per heavy atom. The Labute approximate surface area is 150 Å². The molecule has 2 rings (SSSR count). The molecule has 2 atom stereocenters. The number of likely N-dealkylation sites (N-methyl/N-ethyl adjacent to an activating group) is 1. The van der Waals surface area contributed by atoms with Gasteiger partial charge in [-0.05, 0) is 27.2 Å². The van der Waals surface area contributed by atoms with Gasteiger partial charge in [0.2, 0.25) is 11.8 Å². The average molecular weight is 368 g/mol. The van der Waals surface area contributed by atoms with Crippen LogP contribution in [0.1, 0.15) is 35.8 Å². The van der Waals surface area contributed by atoms with Gasteiger partial charge in [0.25, 0.3) is 5.91 Å². The molecule has 0 radical (unpaired) electrons. The Morgan fingerprint density at radius 1 is 1.40 bits per heavy atom. The molecule has 2 N–H and O–H groups in total. The van der Waals surface area contributed by atoms with Crippen LogP contribution in [0.3, 0.4) is 0 Å². The zero-order chi connectivity index (χ0) is 18.4. The lowest BCUT2D eigenvalue weighted by Crippen LogP contribution is -2.46. The topological polar surface area (TPSA) is 101 Å². The summed E-state index contributed by atoms with van der Waals surface area (Å²) < 4.78 is 5.08. The van der Waals surface area contributed by atoms with Gasteiger partial charge in [-0.2, -0.15) is 0 Å². The fourth-order valence-electron chi connectivity index (χ4n) is 2.78. The highest BCUT2D eigenvalue weighted by Crippen LogP contribution is 2.22. The molecular formula is C16H24N4O4S. The van der Waals surface area contributed by atoms with Gasteiger partial charge in [-0.3, -0.25) is 14.4 Å². The highest BCUT2D eigenvalue weighted by molar-refractivity contribution is 7.09. The molecule has 0 saturated carbocycles. The second-order valence-corrected chi connectivity index (χ2v) is 6.82. The second kappa shape index (κ2) is 8.91. The van der Waals surface area contributed by atoms with Crippen LogP contribution in [0.5, 0.6) is 0 Å². The van der Waals surface area contributed by atoms with Crippen molar-refractivity contribution >= 4 is 29.1 Å². The maximum Gasteiger partial charge on any atom is 0.274 e. The first-order chi connectivity index (χ1) is 12.0. The molecule has 0 unspecified atom stereocenters. The summed E-state index contributed by atoms with van der Waals surface area (Å²) in [6, 6.07) is -0.906. The summed E-state index contributed by atoms with van der Waals surface area (Å²) in [5, 5.41) is 8.05. The number of hydrogen-bond donors (Lipinski definition) is 2. The molecule has 0 spiro atoms. The van der Waals surface area contributed by atoms with Gasteiger partial charge in [-0.15, -0.1) is 11.3 Å². The van der Waals surface area contributed by atoms with E-state index in [1.807, 2.05) is 20.8 Å². The summed E-state index contributed by atoms with van der Waals surface area (Å²) in [6.07, 6.45) is 0.374. The van der Waals surface area contributed by atoms with Crippen LogP contribution in [0, 0.1) is 6.92 Å². The summed E-state index contributed by atoms with van der Waals surface area (Å²) in [7, 11) is 0. The quantitative estimate of drug-likeness (QED) is 0.722. The van der Waals surface area contributed by atoms with Crippen LogP contribution in [0.2, 0.25) is 0 Å². The van der Waals surface area contributed by atoms with Crippen molar-refractivity contribution < 1.29 is 19.1 Å². The van der Waals surface area contributed by atoms with Crippen molar-refractivity contribution in [2.45, 2.75) is 39.3 Å². The zero-order valence-electron chi connectivity index (χ0n) is 14.7. The van der Waals surface area contributed by atoms with Crippen molar-refractivity contribution in [3.05, 3.63) is 16.1 Å². The molecule has 3 amide bonds. The lowest BCUT2D eigenvalue weighted by atomic mass is 10.1. The number of ether oxygens (including phenoxy) is 1. The van der Waals surface area contributed by atoms with E-state index in [1.54, 1.807) is 5.38 Å². The highest BCUT2D eigenvalue weighted by atomic mass is 32.1. The van der Waals surface area contributed by atoms with Gasteiger partial charge in [0, 0.05) is 31.1 Å². The molecule has 1 aliphatic rings. The van der Waals surface area contributed by atoms with Crippen LogP contribution in [-0.2, 0) is 14.3 Å². The van der Waals surface area contributed by atoms with E-state index in [4.69, 9.17) is 4.74 Å². The van der Waals surface area contributed by atoms with Crippen LogP contribution in [0.25, 0.3) is 0 Å². The number of nitrogens with zero attached hydrogens (tertiary/aromatic N) is 2. The number of amides is 3. The number of hydrogen-bond acceptors (Lipinski definition) is 6. The Kier molecular flexibility index (Phi) is 6.89. The maximum absolute atomic E-state index is 12.7. The standard InChI is InChI=1S/C16H24N4O4S/c1-4-17-15(22)13-6-11(19-14(21)8-24-5-2)7-20(13)16(23)12-9-25-10(3)18-12/h9,11,13H,4-8H2,1-3H3,(H,17,22)(H,19,21)/t11-,13-/m0/s1. The Morgan fingerprint density at radius 2 is 2.16 bits per heavy atom.